The van der Waals surface area contributed by atoms with E-state index in [-0.39, 0.29) is 23.2 Å². The number of allylic oxidation sites excluding steroid dienone is 1. The van der Waals surface area contributed by atoms with Gasteiger partial charge < -0.3 is 9.47 Å². The summed E-state index contributed by atoms with van der Waals surface area (Å²) in [6, 6.07) is 4.56. The first-order valence-corrected chi connectivity index (χ1v) is 6.20. The average Bonchev–Trinajstić information content (AvgIpc) is 2.35. The summed E-state index contributed by atoms with van der Waals surface area (Å²) in [5.74, 6) is 0.224. The molecule has 20 heavy (non-hydrogen) atoms. The first-order chi connectivity index (χ1) is 9.35. The number of Topliss-reactive ketones (excluding diaryl/α,β-unsaturated/α-hetero) is 1. The van der Waals surface area contributed by atoms with E-state index in [0.717, 1.165) is 0 Å². The molecule has 3 nitrogen and oxygen atoms in total. The van der Waals surface area contributed by atoms with E-state index in [2.05, 4.69) is 4.74 Å². The number of ketones is 1. The number of halogens is 2. The molecule has 0 aliphatic carbocycles. The Morgan fingerprint density at radius 1 is 1.25 bits per heavy atom. The molecule has 1 rings (SSSR count). The van der Waals surface area contributed by atoms with Crippen molar-refractivity contribution < 1.29 is 23.0 Å². The van der Waals surface area contributed by atoms with Crippen LogP contribution in [0.25, 0.3) is 6.08 Å². The van der Waals surface area contributed by atoms with Crippen LogP contribution < -0.4 is 9.47 Å². The molecule has 0 saturated heterocycles. The number of carbonyl (C=O) groups is 1. The van der Waals surface area contributed by atoms with E-state index in [0.29, 0.717) is 11.1 Å². The minimum absolute atomic E-state index is 0.0214. The van der Waals surface area contributed by atoms with Crippen molar-refractivity contribution in [2.24, 2.45) is 5.92 Å². The maximum Gasteiger partial charge on any atom is 0.387 e. The number of benzene rings is 1. The molecule has 0 aromatic heterocycles. The third-order valence-electron chi connectivity index (χ3n) is 2.75. The second-order valence-corrected chi connectivity index (χ2v) is 4.60. The number of carbonyl (C=O) groups excluding carboxylic acids is 1. The van der Waals surface area contributed by atoms with Gasteiger partial charge in [0.25, 0.3) is 0 Å². The van der Waals surface area contributed by atoms with Crippen LogP contribution in [-0.2, 0) is 4.79 Å². The molecule has 0 atom stereocenters. The Labute approximate surface area is 117 Å². The van der Waals surface area contributed by atoms with Gasteiger partial charge in [0.15, 0.2) is 17.3 Å². The van der Waals surface area contributed by atoms with Crippen LogP contribution in [0.4, 0.5) is 8.78 Å². The highest BCUT2D eigenvalue weighted by atomic mass is 19.3. The summed E-state index contributed by atoms with van der Waals surface area (Å²) in [6.45, 7) is 2.42. The van der Waals surface area contributed by atoms with E-state index in [1.807, 2.05) is 13.8 Å². The maximum absolute atomic E-state index is 12.2. The Hall–Kier alpha value is -1.91. The Kier molecular flexibility index (Phi) is 5.67. The molecule has 0 heterocycles. The van der Waals surface area contributed by atoms with E-state index >= 15 is 0 Å². The molecule has 0 fully saturated rings. The van der Waals surface area contributed by atoms with Crippen molar-refractivity contribution in [1.82, 2.24) is 0 Å². The number of methoxy groups -OCH3 is 1. The summed E-state index contributed by atoms with van der Waals surface area (Å²) < 4.78 is 33.8. The lowest BCUT2D eigenvalue weighted by Crippen LogP contribution is -2.05. The van der Waals surface area contributed by atoms with Gasteiger partial charge in [0, 0.05) is 0 Å². The molecule has 0 bridgehead atoms. The van der Waals surface area contributed by atoms with Gasteiger partial charge in [0.05, 0.1) is 7.11 Å². The molecule has 0 N–H and O–H groups in total. The number of rotatable bonds is 6. The number of ether oxygens (including phenoxy) is 2. The van der Waals surface area contributed by atoms with Crippen molar-refractivity contribution in [1.29, 1.82) is 0 Å². The third kappa shape index (κ3) is 4.33. The van der Waals surface area contributed by atoms with Gasteiger partial charge in [0.1, 0.15) is 0 Å². The lowest BCUT2D eigenvalue weighted by molar-refractivity contribution is -0.113. The molecule has 5 heteroatoms. The molecule has 0 radical (unpaired) electrons. The number of hydrogen-bond donors (Lipinski definition) is 0. The predicted molar refractivity (Wildman–Crippen MR) is 73.1 cm³/mol. The summed E-state index contributed by atoms with van der Waals surface area (Å²) >= 11 is 0. The van der Waals surface area contributed by atoms with Gasteiger partial charge in [-0.05, 0) is 42.2 Å². The summed E-state index contributed by atoms with van der Waals surface area (Å²) in [7, 11) is 1.37. The van der Waals surface area contributed by atoms with Crippen LogP contribution in [0.15, 0.2) is 23.8 Å². The Morgan fingerprint density at radius 3 is 2.35 bits per heavy atom. The van der Waals surface area contributed by atoms with Gasteiger partial charge in [0.2, 0.25) is 0 Å². The van der Waals surface area contributed by atoms with Gasteiger partial charge in [-0.3, -0.25) is 4.79 Å². The standard InChI is InChI=1S/C15H18F2O3/c1-9(2)12(10(3)18)7-11-5-6-13(20-15(16)17)14(8-11)19-4/h5-9,15H,1-4H3/b12-7+. The smallest absolute Gasteiger partial charge is 0.387 e. The fraction of sp³-hybridized carbons (Fsp3) is 0.400. The SMILES string of the molecule is COc1cc(/C=C(/C(C)=O)C(C)C)ccc1OC(F)F. The molecular weight excluding hydrogens is 266 g/mol. The van der Waals surface area contributed by atoms with Crippen LogP contribution in [-0.4, -0.2) is 19.5 Å². The van der Waals surface area contributed by atoms with Crippen LogP contribution in [0.2, 0.25) is 0 Å². The molecule has 0 amide bonds. The highest BCUT2D eigenvalue weighted by molar-refractivity contribution is 5.98. The van der Waals surface area contributed by atoms with Gasteiger partial charge in [-0.25, -0.2) is 0 Å². The van der Waals surface area contributed by atoms with Crippen LogP contribution >= 0.6 is 0 Å². The van der Waals surface area contributed by atoms with Gasteiger partial charge in [-0.1, -0.05) is 19.9 Å². The van der Waals surface area contributed by atoms with Crippen molar-refractivity contribution in [2.45, 2.75) is 27.4 Å². The molecule has 0 saturated carbocycles. The Bertz CT molecular complexity index is 508. The highest BCUT2D eigenvalue weighted by Crippen LogP contribution is 2.30. The van der Waals surface area contributed by atoms with E-state index < -0.39 is 6.61 Å². The molecule has 110 valence electrons. The van der Waals surface area contributed by atoms with Crippen LogP contribution in [0, 0.1) is 5.92 Å². The third-order valence-corrected chi connectivity index (χ3v) is 2.75. The zero-order chi connectivity index (χ0) is 15.3. The van der Waals surface area contributed by atoms with Crippen molar-refractivity contribution in [3.63, 3.8) is 0 Å². The zero-order valence-electron chi connectivity index (χ0n) is 11.9. The Balaban J connectivity index is 3.15. The molecule has 0 aliphatic heterocycles. The topological polar surface area (TPSA) is 35.5 Å². The molecule has 1 aromatic rings. The average molecular weight is 284 g/mol. The van der Waals surface area contributed by atoms with Crippen molar-refractivity contribution in [2.75, 3.05) is 7.11 Å². The molecule has 0 aliphatic rings. The second-order valence-electron chi connectivity index (χ2n) is 4.60. The first kappa shape index (κ1) is 16.1. The molecule has 0 unspecified atom stereocenters. The van der Waals surface area contributed by atoms with Gasteiger partial charge in [-0.15, -0.1) is 0 Å². The molecule has 1 aromatic carbocycles. The second kappa shape index (κ2) is 7.03. The van der Waals surface area contributed by atoms with Crippen molar-refractivity contribution in [3.05, 3.63) is 29.3 Å². The minimum atomic E-state index is -2.91. The van der Waals surface area contributed by atoms with Crippen molar-refractivity contribution >= 4 is 11.9 Å². The predicted octanol–water partition coefficient (Wildman–Crippen LogP) is 3.93. The van der Waals surface area contributed by atoms with E-state index in [9.17, 15) is 13.6 Å². The van der Waals surface area contributed by atoms with Crippen LogP contribution in [0.3, 0.4) is 0 Å². The number of alkyl halides is 2. The van der Waals surface area contributed by atoms with Gasteiger partial charge >= 0.3 is 6.61 Å². The number of hydrogen-bond acceptors (Lipinski definition) is 3. The molecular formula is C15H18F2O3. The lowest BCUT2D eigenvalue weighted by Gasteiger charge is -2.11. The van der Waals surface area contributed by atoms with E-state index in [1.165, 1.54) is 20.1 Å². The maximum atomic E-state index is 12.2. The Morgan fingerprint density at radius 2 is 1.90 bits per heavy atom. The van der Waals surface area contributed by atoms with Gasteiger partial charge in [-0.2, -0.15) is 8.78 Å². The quantitative estimate of drug-likeness (QED) is 0.743. The highest BCUT2D eigenvalue weighted by Gasteiger charge is 2.12. The summed E-state index contributed by atoms with van der Waals surface area (Å²) in [4.78, 5) is 11.5. The summed E-state index contributed by atoms with van der Waals surface area (Å²) in [5, 5.41) is 0. The summed E-state index contributed by atoms with van der Waals surface area (Å²) in [6.07, 6.45) is 1.72. The monoisotopic (exact) mass is 284 g/mol. The fourth-order valence-corrected chi connectivity index (χ4v) is 1.82. The zero-order valence-corrected chi connectivity index (χ0v) is 11.9. The fourth-order valence-electron chi connectivity index (χ4n) is 1.82. The van der Waals surface area contributed by atoms with E-state index in [1.54, 1.807) is 18.2 Å². The summed E-state index contributed by atoms with van der Waals surface area (Å²) in [5.41, 5.74) is 1.36. The van der Waals surface area contributed by atoms with Crippen LogP contribution in [0.5, 0.6) is 11.5 Å². The van der Waals surface area contributed by atoms with Crippen molar-refractivity contribution in [3.8, 4) is 11.5 Å². The minimum Gasteiger partial charge on any atom is -0.493 e. The normalized spacial score (nSPS) is 11.9. The largest absolute Gasteiger partial charge is 0.493 e. The lowest BCUT2D eigenvalue weighted by atomic mass is 9.97. The van der Waals surface area contributed by atoms with E-state index in [4.69, 9.17) is 4.74 Å². The van der Waals surface area contributed by atoms with Crippen LogP contribution in [0.1, 0.15) is 26.3 Å². The first-order valence-electron chi connectivity index (χ1n) is 6.20. The molecule has 0 spiro atoms.